The fraction of sp³-hybridized carbons (Fsp3) is 0.318. The van der Waals surface area contributed by atoms with Gasteiger partial charge in [0.2, 0.25) is 0 Å². The first-order valence-corrected chi connectivity index (χ1v) is 11.8. The molecule has 1 aliphatic rings. The number of nitrogens with zero attached hydrogens (tertiary/aromatic N) is 3. The highest BCUT2D eigenvalue weighted by molar-refractivity contribution is 7.22. The first-order chi connectivity index (χ1) is 14.6. The zero-order valence-electron chi connectivity index (χ0n) is 17.0. The van der Waals surface area contributed by atoms with Gasteiger partial charge in [0.25, 0.3) is 5.56 Å². The maximum absolute atomic E-state index is 13.5. The van der Waals surface area contributed by atoms with E-state index in [4.69, 9.17) is 0 Å². The summed E-state index contributed by atoms with van der Waals surface area (Å²) in [7, 11) is 0. The van der Waals surface area contributed by atoms with Crippen LogP contribution >= 0.6 is 35.1 Å². The van der Waals surface area contributed by atoms with E-state index in [1.165, 1.54) is 15.9 Å². The van der Waals surface area contributed by atoms with Gasteiger partial charge in [-0.2, -0.15) is 0 Å². The number of aryl methyl sites for hydroxylation is 1. The number of piperidine rings is 1. The van der Waals surface area contributed by atoms with Gasteiger partial charge in [0.15, 0.2) is 0 Å². The van der Waals surface area contributed by atoms with E-state index in [0.29, 0.717) is 16.8 Å². The molecule has 162 valence electrons. The van der Waals surface area contributed by atoms with Gasteiger partial charge in [0, 0.05) is 22.0 Å². The van der Waals surface area contributed by atoms with Crippen LogP contribution in [0.4, 0.5) is 0 Å². The van der Waals surface area contributed by atoms with Crippen LogP contribution in [0.1, 0.15) is 29.6 Å². The van der Waals surface area contributed by atoms with Crippen LogP contribution in [0.15, 0.2) is 51.4 Å². The standard InChI is InChI=1S/C22H22N4O2S2.ClH/c1-14-13-29-19(24-14)12-25-17-11-18(15-5-3-2-4-6-15)30-20(17)21(27)26(22(25)28)16-7-9-23-10-8-16;/h2-6,11,13,16,23H,7-10,12H2,1H3;1H. The first-order valence-electron chi connectivity index (χ1n) is 10.1. The van der Waals surface area contributed by atoms with E-state index in [-0.39, 0.29) is 29.7 Å². The predicted octanol–water partition coefficient (Wildman–Crippen LogP) is 4.05. The molecule has 4 heterocycles. The summed E-state index contributed by atoms with van der Waals surface area (Å²) < 4.78 is 3.87. The molecular weight excluding hydrogens is 452 g/mol. The maximum atomic E-state index is 13.5. The van der Waals surface area contributed by atoms with Crippen molar-refractivity contribution in [2.24, 2.45) is 0 Å². The van der Waals surface area contributed by atoms with E-state index >= 15 is 0 Å². The lowest BCUT2D eigenvalue weighted by Crippen LogP contribution is -2.45. The van der Waals surface area contributed by atoms with Gasteiger partial charge in [0.05, 0.1) is 12.1 Å². The number of rotatable bonds is 4. The molecule has 0 bridgehead atoms. The second-order valence-electron chi connectivity index (χ2n) is 7.60. The van der Waals surface area contributed by atoms with Gasteiger partial charge >= 0.3 is 5.69 Å². The second kappa shape index (κ2) is 9.08. The van der Waals surface area contributed by atoms with E-state index in [0.717, 1.165) is 47.1 Å². The first kappa shape index (κ1) is 22.0. The van der Waals surface area contributed by atoms with Crippen molar-refractivity contribution in [2.75, 3.05) is 13.1 Å². The van der Waals surface area contributed by atoms with Crippen LogP contribution in [-0.4, -0.2) is 27.2 Å². The molecule has 9 heteroatoms. The molecule has 5 rings (SSSR count). The van der Waals surface area contributed by atoms with Crippen LogP contribution in [0, 0.1) is 6.92 Å². The topological polar surface area (TPSA) is 68.9 Å². The van der Waals surface area contributed by atoms with E-state index < -0.39 is 0 Å². The molecule has 0 spiro atoms. The Balaban J connectivity index is 0.00000231. The van der Waals surface area contributed by atoms with Crippen molar-refractivity contribution in [2.45, 2.75) is 32.4 Å². The van der Waals surface area contributed by atoms with E-state index in [9.17, 15) is 9.59 Å². The molecule has 1 aliphatic heterocycles. The van der Waals surface area contributed by atoms with Gasteiger partial charge in [0.1, 0.15) is 9.71 Å². The maximum Gasteiger partial charge on any atom is 0.332 e. The summed E-state index contributed by atoms with van der Waals surface area (Å²) in [5.74, 6) is 0. The number of hydrogen-bond donors (Lipinski definition) is 1. The summed E-state index contributed by atoms with van der Waals surface area (Å²) in [4.78, 5) is 32.5. The highest BCUT2D eigenvalue weighted by Crippen LogP contribution is 2.32. The molecule has 0 atom stereocenters. The molecule has 1 N–H and O–H groups in total. The van der Waals surface area contributed by atoms with Crippen molar-refractivity contribution in [3.63, 3.8) is 0 Å². The average molecular weight is 475 g/mol. The van der Waals surface area contributed by atoms with Crippen LogP contribution < -0.4 is 16.6 Å². The lowest BCUT2D eigenvalue weighted by molar-refractivity contribution is 0.346. The summed E-state index contributed by atoms with van der Waals surface area (Å²) in [5, 5.41) is 6.18. The van der Waals surface area contributed by atoms with Crippen LogP contribution in [0.2, 0.25) is 0 Å². The smallest absolute Gasteiger partial charge is 0.317 e. The number of fused-ring (bicyclic) bond motifs is 1. The Hall–Kier alpha value is -2.26. The normalized spacial score (nSPS) is 14.6. The van der Waals surface area contributed by atoms with Gasteiger partial charge in [-0.25, -0.2) is 9.78 Å². The van der Waals surface area contributed by atoms with Crippen molar-refractivity contribution in [1.29, 1.82) is 0 Å². The Morgan fingerprint density at radius 1 is 1.16 bits per heavy atom. The minimum Gasteiger partial charge on any atom is -0.317 e. The molecule has 0 radical (unpaired) electrons. The van der Waals surface area contributed by atoms with Gasteiger partial charge in [-0.05, 0) is 44.5 Å². The highest BCUT2D eigenvalue weighted by atomic mass is 35.5. The SMILES string of the molecule is Cc1csc(Cn2c(=O)n(C3CCNCC3)c(=O)c3sc(-c4ccccc4)cc32)n1.Cl. The van der Waals surface area contributed by atoms with E-state index in [1.807, 2.05) is 48.7 Å². The summed E-state index contributed by atoms with van der Waals surface area (Å²) >= 11 is 3.01. The van der Waals surface area contributed by atoms with Crippen molar-refractivity contribution in [3.8, 4) is 10.4 Å². The van der Waals surface area contributed by atoms with Crippen LogP contribution in [0.5, 0.6) is 0 Å². The quantitative estimate of drug-likeness (QED) is 0.484. The summed E-state index contributed by atoms with van der Waals surface area (Å²) in [5.41, 5.74) is 2.30. The predicted molar refractivity (Wildman–Crippen MR) is 130 cm³/mol. The molecule has 0 saturated carbocycles. The number of hydrogen-bond acceptors (Lipinski definition) is 6. The Morgan fingerprint density at radius 3 is 2.58 bits per heavy atom. The molecule has 1 aromatic carbocycles. The van der Waals surface area contributed by atoms with Crippen LogP contribution in [0.25, 0.3) is 20.7 Å². The van der Waals surface area contributed by atoms with E-state index in [1.54, 1.807) is 15.9 Å². The number of benzene rings is 1. The number of thiazole rings is 1. The zero-order chi connectivity index (χ0) is 20.7. The number of halogens is 1. The molecule has 3 aromatic heterocycles. The average Bonchev–Trinajstić information content (AvgIpc) is 3.39. The number of aromatic nitrogens is 3. The minimum atomic E-state index is -0.232. The van der Waals surface area contributed by atoms with Crippen molar-refractivity contribution < 1.29 is 0 Å². The monoisotopic (exact) mass is 474 g/mol. The molecule has 4 aromatic rings. The Morgan fingerprint density at radius 2 is 1.90 bits per heavy atom. The van der Waals surface area contributed by atoms with Crippen molar-refractivity contribution in [1.82, 2.24) is 19.4 Å². The van der Waals surface area contributed by atoms with Gasteiger partial charge in [-0.3, -0.25) is 13.9 Å². The molecule has 6 nitrogen and oxygen atoms in total. The Bertz CT molecular complexity index is 1320. The molecule has 0 aliphatic carbocycles. The third-order valence-corrected chi connectivity index (χ3v) is 7.66. The van der Waals surface area contributed by atoms with E-state index in [2.05, 4.69) is 10.3 Å². The summed E-state index contributed by atoms with van der Waals surface area (Å²) in [6.07, 6.45) is 1.57. The molecular formula is C22H23ClN4O2S2. The number of nitrogens with one attached hydrogen (secondary N) is 1. The van der Waals surface area contributed by atoms with Gasteiger partial charge in [-0.1, -0.05) is 30.3 Å². The van der Waals surface area contributed by atoms with Crippen molar-refractivity contribution in [3.05, 3.63) is 73.3 Å². The Kier molecular flexibility index (Phi) is 6.43. The van der Waals surface area contributed by atoms with Crippen LogP contribution in [-0.2, 0) is 6.54 Å². The van der Waals surface area contributed by atoms with Gasteiger partial charge in [-0.15, -0.1) is 35.1 Å². The lowest BCUT2D eigenvalue weighted by atomic mass is 10.1. The number of thiophene rings is 1. The van der Waals surface area contributed by atoms with Crippen LogP contribution in [0.3, 0.4) is 0 Å². The molecule has 31 heavy (non-hydrogen) atoms. The molecule has 1 saturated heterocycles. The van der Waals surface area contributed by atoms with Gasteiger partial charge < -0.3 is 5.32 Å². The zero-order valence-corrected chi connectivity index (χ0v) is 19.5. The fourth-order valence-electron chi connectivity index (χ4n) is 4.06. The summed E-state index contributed by atoms with van der Waals surface area (Å²) in [6, 6.07) is 11.9. The largest absolute Gasteiger partial charge is 0.332 e. The highest BCUT2D eigenvalue weighted by Gasteiger charge is 2.24. The third kappa shape index (κ3) is 4.13. The third-order valence-electron chi connectivity index (χ3n) is 5.55. The second-order valence-corrected chi connectivity index (χ2v) is 9.59. The molecule has 0 unspecified atom stereocenters. The summed E-state index contributed by atoms with van der Waals surface area (Å²) in [6.45, 7) is 3.97. The fourth-order valence-corrected chi connectivity index (χ4v) is 5.92. The Labute approximate surface area is 193 Å². The minimum absolute atomic E-state index is 0. The molecule has 1 fully saturated rings. The van der Waals surface area contributed by atoms with Crippen molar-refractivity contribution >= 4 is 45.3 Å². The molecule has 0 amide bonds. The lowest BCUT2D eigenvalue weighted by Gasteiger charge is -2.24.